The molecule has 0 aliphatic carbocycles. The number of phenolic OH excluding ortho intramolecular Hbond substituents is 1. The van der Waals surface area contributed by atoms with Gasteiger partial charge in [0.05, 0.1) is 0 Å². The van der Waals surface area contributed by atoms with Gasteiger partial charge in [-0.3, -0.25) is 4.90 Å². The molecule has 0 aromatic heterocycles. The van der Waals surface area contributed by atoms with Crippen LogP contribution in [0, 0.1) is 5.82 Å². The minimum Gasteiger partial charge on any atom is -0.508 e. The summed E-state index contributed by atoms with van der Waals surface area (Å²) in [5, 5.41) is 9.86. The topological polar surface area (TPSA) is 26.7 Å². The summed E-state index contributed by atoms with van der Waals surface area (Å²) in [6, 6.07) is 5.07. The van der Waals surface area contributed by atoms with Crippen LogP contribution in [0.25, 0.3) is 0 Å². The number of aromatic hydroxyl groups is 1. The van der Waals surface area contributed by atoms with E-state index in [1.165, 1.54) is 12.1 Å². The van der Waals surface area contributed by atoms with Gasteiger partial charge in [-0.1, -0.05) is 6.07 Å². The van der Waals surface area contributed by atoms with Crippen LogP contribution in [0.15, 0.2) is 18.2 Å². The summed E-state index contributed by atoms with van der Waals surface area (Å²) < 4.78 is 13.0. The lowest BCUT2D eigenvalue weighted by Crippen LogP contribution is -2.42. The largest absolute Gasteiger partial charge is 0.508 e. The standard InChI is InChI=1S/C15H23FN2O/c1-11(14-5-4-12(16)10-15(14)19)18-8-6-13(7-9-18)17(2)3/h4-5,10-11,13,19H,6-9H2,1-3H3. The van der Waals surface area contributed by atoms with Crippen LogP contribution in [0.4, 0.5) is 4.39 Å². The summed E-state index contributed by atoms with van der Waals surface area (Å²) in [5.74, 6) is -0.331. The maximum atomic E-state index is 13.0. The fourth-order valence-electron chi connectivity index (χ4n) is 2.86. The Balaban J connectivity index is 2.03. The molecule has 1 N–H and O–H groups in total. The molecule has 1 aromatic carbocycles. The summed E-state index contributed by atoms with van der Waals surface area (Å²) in [4.78, 5) is 4.63. The van der Waals surface area contributed by atoms with Crippen molar-refractivity contribution in [3.05, 3.63) is 29.6 Å². The third-order valence-electron chi connectivity index (χ3n) is 4.22. The first kappa shape index (κ1) is 14.3. The van der Waals surface area contributed by atoms with Crippen molar-refractivity contribution in [1.82, 2.24) is 9.80 Å². The predicted molar refractivity (Wildman–Crippen MR) is 74.8 cm³/mol. The van der Waals surface area contributed by atoms with E-state index in [-0.39, 0.29) is 17.6 Å². The Hall–Kier alpha value is -1.13. The van der Waals surface area contributed by atoms with Crippen LogP contribution >= 0.6 is 0 Å². The first-order valence-electron chi connectivity index (χ1n) is 6.88. The summed E-state index contributed by atoms with van der Waals surface area (Å²) in [6.07, 6.45) is 2.28. The second kappa shape index (κ2) is 5.88. The number of hydrogen-bond acceptors (Lipinski definition) is 3. The second-order valence-electron chi connectivity index (χ2n) is 5.61. The van der Waals surface area contributed by atoms with Gasteiger partial charge in [0, 0.05) is 36.8 Å². The minimum atomic E-state index is -0.389. The maximum absolute atomic E-state index is 13.0. The van der Waals surface area contributed by atoms with Crippen molar-refractivity contribution in [2.24, 2.45) is 0 Å². The van der Waals surface area contributed by atoms with E-state index < -0.39 is 0 Å². The molecular formula is C15H23FN2O. The van der Waals surface area contributed by atoms with E-state index >= 15 is 0 Å². The number of halogens is 1. The van der Waals surface area contributed by atoms with Crippen LogP contribution < -0.4 is 0 Å². The monoisotopic (exact) mass is 266 g/mol. The van der Waals surface area contributed by atoms with E-state index in [1.807, 2.05) is 0 Å². The molecule has 2 rings (SSSR count). The summed E-state index contributed by atoms with van der Waals surface area (Å²) in [7, 11) is 4.24. The van der Waals surface area contributed by atoms with Gasteiger partial charge in [-0.15, -0.1) is 0 Å². The van der Waals surface area contributed by atoms with Gasteiger partial charge >= 0.3 is 0 Å². The van der Waals surface area contributed by atoms with Crippen LogP contribution in [0.1, 0.15) is 31.4 Å². The highest BCUT2D eigenvalue weighted by Crippen LogP contribution is 2.31. The fraction of sp³-hybridized carbons (Fsp3) is 0.600. The Morgan fingerprint density at radius 3 is 2.47 bits per heavy atom. The maximum Gasteiger partial charge on any atom is 0.126 e. The Kier molecular flexibility index (Phi) is 4.42. The van der Waals surface area contributed by atoms with Crippen molar-refractivity contribution in [3.8, 4) is 5.75 Å². The SMILES string of the molecule is CC(c1ccc(F)cc1O)N1CCC(N(C)C)CC1. The number of benzene rings is 1. The van der Waals surface area contributed by atoms with Gasteiger partial charge in [-0.05, 0) is 39.9 Å². The summed E-state index contributed by atoms with van der Waals surface area (Å²) >= 11 is 0. The third kappa shape index (κ3) is 3.25. The number of phenols is 1. The van der Waals surface area contributed by atoms with Gasteiger partial charge < -0.3 is 10.0 Å². The van der Waals surface area contributed by atoms with Crippen LogP contribution in [0.2, 0.25) is 0 Å². The van der Waals surface area contributed by atoms with E-state index in [2.05, 4.69) is 30.8 Å². The Morgan fingerprint density at radius 2 is 1.95 bits per heavy atom. The Labute approximate surface area is 114 Å². The van der Waals surface area contributed by atoms with E-state index in [9.17, 15) is 9.50 Å². The molecular weight excluding hydrogens is 243 g/mol. The quantitative estimate of drug-likeness (QED) is 0.911. The molecule has 1 heterocycles. The Morgan fingerprint density at radius 1 is 1.32 bits per heavy atom. The molecule has 0 saturated carbocycles. The number of rotatable bonds is 3. The van der Waals surface area contributed by atoms with Crippen molar-refractivity contribution in [2.45, 2.75) is 31.8 Å². The van der Waals surface area contributed by atoms with Crippen molar-refractivity contribution in [3.63, 3.8) is 0 Å². The second-order valence-corrected chi connectivity index (χ2v) is 5.61. The van der Waals surface area contributed by atoms with Gasteiger partial charge in [-0.25, -0.2) is 4.39 Å². The van der Waals surface area contributed by atoms with Gasteiger partial charge in [0.25, 0.3) is 0 Å². The van der Waals surface area contributed by atoms with Crippen LogP contribution in [-0.2, 0) is 0 Å². The number of piperidine rings is 1. The first-order valence-corrected chi connectivity index (χ1v) is 6.88. The number of nitrogens with zero attached hydrogens (tertiary/aromatic N) is 2. The van der Waals surface area contributed by atoms with Crippen molar-refractivity contribution in [1.29, 1.82) is 0 Å². The number of likely N-dealkylation sites (tertiary alicyclic amines) is 1. The van der Waals surface area contributed by atoms with Gasteiger partial charge in [0.1, 0.15) is 11.6 Å². The minimum absolute atomic E-state index is 0.0576. The molecule has 0 radical (unpaired) electrons. The lowest BCUT2D eigenvalue weighted by atomic mass is 9.99. The molecule has 106 valence electrons. The van der Waals surface area contributed by atoms with Crippen molar-refractivity contribution >= 4 is 0 Å². The van der Waals surface area contributed by atoms with Crippen molar-refractivity contribution in [2.75, 3.05) is 27.2 Å². The normalized spacial score (nSPS) is 19.8. The van der Waals surface area contributed by atoms with Gasteiger partial charge in [0.15, 0.2) is 0 Å². The predicted octanol–water partition coefficient (Wildman–Crippen LogP) is 2.62. The molecule has 1 aliphatic rings. The molecule has 1 aromatic rings. The average Bonchev–Trinajstić information content (AvgIpc) is 2.38. The molecule has 0 amide bonds. The lowest BCUT2D eigenvalue weighted by Gasteiger charge is -2.38. The van der Waals surface area contributed by atoms with Crippen LogP contribution in [0.3, 0.4) is 0 Å². The van der Waals surface area contributed by atoms with E-state index in [0.717, 1.165) is 31.5 Å². The highest BCUT2D eigenvalue weighted by atomic mass is 19.1. The molecule has 4 heteroatoms. The molecule has 1 aliphatic heterocycles. The highest BCUT2D eigenvalue weighted by Gasteiger charge is 2.25. The molecule has 0 bridgehead atoms. The zero-order valence-electron chi connectivity index (χ0n) is 11.9. The summed E-state index contributed by atoms with van der Waals surface area (Å²) in [6.45, 7) is 4.10. The zero-order chi connectivity index (χ0) is 14.0. The molecule has 1 atom stereocenters. The molecule has 1 unspecified atom stereocenters. The van der Waals surface area contributed by atoms with Crippen LogP contribution in [-0.4, -0.2) is 48.1 Å². The molecule has 1 saturated heterocycles. The molecule has 0 spiro atoms. The average molecular weight is 266 g/mol. The fourth-order valence-corrected chi connectivity index (χ4v) is 2.86. The molecule has 3 nitrogen and oxygen atoms in total. The van der Waals surface area contributed by atoms with Gasteiger partial charge in [-0.2, -0.15) is 0 Å². The summed E-state index contributed by atoms with van der Waals surface area (Å²) in [5.41, 5.74) is 0.810. The van der Waals surface area contributed by atoms with Crippen LogP contribution in [0.5, 0.6) is 5.75 Å². The first-order chi connectivity index (χ1) is 8.99. The number of hydrogen-bond donors (Lipinski definition) is 1. The lowest BCUT2D eigenvalue weighted by molar-refractivity contribution is 0.114. The van der Waals surface area contributed by atoms with E-state index in [0.29, 0.717) is 6.04 Å². The molecule has 19 heavy (non-hydrogen) atoms. The van der Waals surface area contributed by atoms with Crippen molar-refractivity contribution < 1.29 is 9.50 Å². The zero-order valence-corrected chi connectivity index (χ0v) is 11.9. The highest BCUT2D eigenvalue weighted by molar-refractivity contribution is 5.35. The van der Waals surface area contributed by atoms with E-state index in [4.69, 9.17) is 0 Å². The Bertz CT molecular complexity index is 428. The molecule has 1 fully saturated rings. The third-order valence-corrected chi connectivity index (χ3v) is 4.22. The van der Waals surface area contributed by atoms with E-state index in [1.54, 1.807) is 6.07 Å². The van der Waals surface area contributed by atoms with Gasteiger partial charge in [0.2, 0.25) is 0 Å². The smallest absolute Gasteiger partial charge is 0.126 e.